The predicted octanol–water partition coefficient (Wildman–Crippen LogP) is 4.21. The Labute approximate surface area is 221 Å². The van der Waals surface area contributed by atoms with E-state index >= 15 is 0 Å². The molecule has 8 nitrogen and oxygen atoms in total. The van der Waals surface area contributed by atoms with Crippen molar-refractivity contribution in [1.29, 1.82) is 0 Å². The van der Waals surface area contributed by atoms with Crippen molar-refractivity contribution in [3.8, 4) is 5.75 Å². The summed E-state index contributed by atoms with van der Waals surface area (Å²) < 4.78 is 10.6. The van der Waals surface area contributed by atoms with Gasteiger partial charge in [0.1, 0.15) is 5.75 Å². The van der Waals surface area contributed by atoms with E-state index in [0.717, 1.165) is 11.1 Å². The third-order valence-corrected chi connectivity index (χ3v) is 6.20. The molecule has 1 atom stereocenters. The lowest BCUT2D eigenvalue weighted by Gasteiger charge is -2.17. The molecular formula is C30H29N3O5. The second-order valence-corrected chi connectivity index (χ2v) is 8.82. The van der Waals surface area contributed by atoms with Crippen LogP contribution in [-0.2, 0) is 25.7 Å². The molecule has 0 saturated heterocycles. The van der Waals surface area contributed by atoms with Gasteiger partial charge in [-0.25, -0.2) is 4.79 Å². The number of ether oxygens (including phenoxy) is 2. The van der Waals surface area contributed by atoms with Gasteiger partial charge in [0.05, 0.1) is 30.8 Å². The summed E-state index contributed by atoms with van der Waals surface area (Å²) in [5.41, 5.74) is 3.55. The van der Waals surface area contributed by atoms with Crippen LogP contribution in [0, 0.1) is 0 Å². The maximum atomic E-state index is 13.3. The van der Waals surface area contributed by atoms with Gasteiger partial charge in [0.15, 0.2) is 6.61 Å². The highest BCUT2D eigenvalue weighted by atomic mass is 16.5. The molecule has 38 heavy (non-hydrogen) atoms. The highest BCUT2D eigenvalue weighted by Gasteiger charge is 2.37. The Morgan fingerprint density at radius 1 is 1.05 bits per heavy atom. The number of methoxy groups -OCH3 is 1. The van der Waals surface area contributed by atoms with Gasteiger partial charge in [-0.05, 0) is 54.8 Å². The molecule has 0 bridgehead atoms. The number of nitrogens with one attached hydrogen (secondary N) is 1. The van der Waals surface area contributed by atoms with Crippen molar-refractivity contribution in [1.82, 2.24) is 15.2 Å². The van der Waals surface area contributed by atoms with Gasteiger partial charge in [0, 0.05) is 18.1 Å². The fourth-order valence-electron chi connectivity index (χ4n) is 4.18. The average molecular weight is 512 g/mol. The number of esters is 1. The van der Waals surface area contributed by atoms with E-state index in [0.29, 0.717) is 17.0 Å². The zero-order chi connectivity index (χ0) is 27.1. The van der Waals surface area contributed by atoms with E-state index in [1.54, 1.807) is 60.6 Å². The second kappa shape index (κ2) is 12.0. The Kier molecular flexibility index (Phi) is 8.33. The van der Waals surface area contributed by atoms with E-state index in [4.69, 9.17) is 9.47 Å². The summed E-state index contributed by atoms with van der Waals surface area (Å²) in [6.45, 7) is 3.79. The van der Waals surface area contributed by atoms with Crippen LogP contribution >= 0.6 is 0 Å². The van der Waals surface area contributed by atoms with Crippen LogP contribution in [0.15, 0.2) is 96.0 Å². The Morgan fingerprint density at radius 2 is 1.79 bits per heavy atom. The van der Waals surface area contributed by atoms with Gasteiger partial charge in [0.25, 0.3) is 11.8 Å². The molecule has 0 aliphatic carbocycles. The first-order valence-electron chi connectivity index (χ1n) is 12.2. The minimum Gasteiger partial charge on any atom is -0.484 e. The fraction of sp³-hybridized carbons (Fsp3) is 0.200. The number of rotatable bonds is 9. The number of pyridine rings is 1. The summed E-state index contributed by atoms with van der Waals surface area (Å²) in [7, 11) is 1.29. The number of hydrogen-bond donors (Lipinski definition) is 1. The van der Waals surface area contributed by atoms with Crippen molar-refractivity contribution < 1.29 is 23.9 Å². The maximum Gasteiger partial charge on any atom is 0.340 e. The molecule has 1 N–H and O–H groups in total. The lowest BCUT2D eigenvalue weighted by atomic mass is 10.0. The van der Waals surface area contributed by atoms with Crippen LogP contribution in [0.25, 0.3) is 6.08 Å². The summed E-state index contributed by atoms with van der Waals surface area (Å²) in [4.78, 5) is 43.8. The first-order chi connectivity index (χ1) is 18.4. The van der Waals surface area contributed by atoms with E-state index in [2.05, 4.69) is 10.3 Å². The molecule has 2 aromatic carbocycles. The van der Waals surface area contributed by atoms with Gasteiger partial charge in [-0.3, -0.25) is 14.6 Å². The minimum absolute atomic E-state index is 0.131. The molecule has 1 aromatic heterocycles. The minimum atomic E-state index is -0.577. The first-order valence-corrected chi connectivity index (χ1v) is 12.2. The van der Waals surface area contributed by atoms with Gasteiger partial charge in [-0.15, -0.1) is 0 Å². The molecule has 2 heterocycles. The fourth-order valence-corrected chi connectivity index (χ4v) is 4.18. The van der Waals surface area contributed by atoms with Gasteiger partial charge in [-0.1, -0.05) is 48.5 Å². The van der Waals surface area contributed by atoms with Crippen molar-refractivity contribution in [3.05, 3.63) is 113 Å². The van der Waals surface area contributed by atoms with Crippen molar-refractivity contribution in [2.45, 2.75) is 26.4 Å². The summed E-state index contributed by atoms with van der Waals surface area (Å²) in [6, 6.07) is 20.1. The van der Waals surface area contributed by atoms with Crippen molar-refractivity contribution in [2.24, 2.45) is 0 Å². The zero-order valence-electron chi connectivity index (χ0n) is 21.5. The highest BCUT2D eigenvalue weighted by Crippen LogP contribution is 2.33. The van der Waals surface area contributed by atoms with Gasteiger partial charge < -0.3 is 19.7 Å². The van der Waals surface area contributed by atoms with Crippen LogP contribution in [-0.4, -0.2) is 41.4 Å². The number of carbonyl (C=O) groups excluding carboxylic acids is 3. The summed E-state index contributed by atoms with van der Waals surface area (Å²) in [5, 5.41) is 2.91. The lowest BCUT2D eigenvalue weighted by Crippen LogP contribution is -2.31. The third kappa shape index (κ3) is 6.15. The van der Waals surface area contributed by atoms with E-state index < -0.39 is 5.97 Å². The molecule has 194 valence electrons. The van der Waals surface area contributed by atoms with E-state index in [1.807, 2.05) is 43.3 Å². The van der Waals surface area contributed by atoms with Crippen molar-refractivity contribution in [3.63, 3.8) is 0 Å². The largest absolute Gasteiger partial charge is 0.484 e. The van der Waals surface area contributed by atoms with Gasteiger partial charge >= 0.3 is 5.97 Å². The molecule has 3 aromatic rings. The number of aromatic nitrogens is 1. The molecule has 8 heteroatoms. The smallest absolute Gasteiger partial charge is 0.340 e. The van der Waals surface area contributed by atoms with Gasteiger partial charge in [0.2, 0.25) is 0 Å². The summed E-state index contributed by atoms with van der Waals surface area (Å²) in [6.07, 6.45) is 5.00. The van der Waals surface area contributed by atoms with Crippen LogP contribution in [0.3, 0.4) is 0 Å². The summed E-state index contributed by atoms with van der Waals surface area (Å²) >= 11 is 0. The molecule has 0 radical (unpaired) electrons. The van der Waals surface area contributed by atoms with Crippen molar-refractivity contribution >= 4 is 23.9 Å². The van der Waals surface area contributed by atoms with E-state index in [1.165, 1.54) is 7.11 Å². The standard InChI is InChI=1S/C30H29N3O5/c1-20(24-9-5-4-6-10-24)32-27(34)19-38-25-13-11-22(12-14-25)16-26-28(30(36)37-3)21(2)33(29(26)35)18-23-8-7-15-31-17-23/h4-17,20H,18-19H2,1-3H3,(H,32,34)/b26-16-/t20-/m0/s1. The molecule has 1 aliphatic heterocycles. The number of amides is 2. The normalized spacial score (nSPS) is 15.0. The topological polar surface area (TPSA) is 97.8 Å². The number of carbonyl (C=O) groups is 3. The average Bonchev–Trinajstić information content (AvgIpc) is 3.17. The molecule has 1 aliphatic rings. The molecule has 0 saturated carbocycles. The predicted molar refractivity (Wildman–Crippen MR) is 142 cm³/mol. The van der Waals surface area contributed by atoms with Crippen LogP contribution in [0.4, 0.5) is 0 Å². The van der Waals surface area contributed by atoms with Crippen LogP contribution in [0.2, 0.25) is 0 Å². The van der Waals surface area contributed by atoms with Crippen molar-refractivity contribution in [2.75, 3.05) is 13.7 Å². The number of allylic oxidation sites excluding steroid dienone is 1. The molecule has 0 fully saturated rings. The van der Waals surface area contributed by atoms with E-state index in [9.17, 15) is 14.4 Å². The van der Waals surface area contributed by atoms with Crippen LogP contribution < -0.4 is 10.1 Å². The SMILES string of the molecule is COC(=O)C1=C(C)N(Cc2cccnc2)C(=O)/C1=C\c1ccc(OCC(=O)N[C@@H](C)c2ccccc2)cc1. The first kappa shape index (κ1) is 26.3. The highest BCUT2D eigenvalue weighted by molar-refractivity contribution is 6.16. The Bertz CT molecular complexity index is 1370. The maximum absolute atomic E-state index is 13.3. The zero-order valence-corrected chi connectivity index (χ0v) is 21.5. The molecule has 0 spiro atoms. The number of benzene rings is 2. The van der Waals surface area contributed by atoms with Gasteiger partial charge in [-0.2, -0.15) is 0 Å². The van der Waals surface area contributed by atoms with Crippen LogP contribution in [0.1, 0.15) is 36.6 Å². The quantitative estimate of drug-likeness (QED) is 0.341. The Hall–Kier alpha value is -4.72. The number of hydrogen-bond acceptors (Lipinski definition) is 6. The molecular weight excluding hydrogens is 482 g/mol. The molecule has 0 unspecified atom stereocenters. The lowest BCUT2D eigenvalue weighted by molar-refractivity contribution is -0.136. The third-order valence-electron chi connectivity index (χ3n) is 6.20. The monoisotopic (exact) mass is 511 g/mol. The van der Waals surface area contributed by atoms with Crippen LogP contribution in [0.5, 0.6) is 5.75 Å². The Morgan fingerprint density at radius 3 is 2.45 bits per heavy atom. The second-order valence-electron chi connectivity index (χ2n) is 8.82. The number of nitrogens with zero attached hydrogens (tertiary/aromatic N) is 2. The summed E-state index contributed by atoms with van der Waals surface area (Å²) in [5.74, 6) is -0.602. The molecule has 4 rings (SSSR count). The molecule has 2 amide bonds. The Balaban J connectivity index is 1.44. The van der Waals surface area contributed by atoms with E-state index in [-0.39, 0.29) is 42.2 Å².